The van der Waals surface area contributed by atoms with E-state index in [0.29, 0.717) is 28.1 Å². The monoisotopic (exact) mass is 551 g/mol. The lowest BCUT2D eigenvalue weighted by molar-refractivity contribution is -0.149. The second kappa shape index (κ2) is 11.5. The standard InChI is InChI=1S/C24H23BrFNO6S/c1-4-31-19-10-16(9-18(25)22(19)32-13-15-5-7-17(26)8-6-15)11-20-23(29)27(24(30)34-20)12-21(28)33-14(2)3/h5-11,14H,4,12-13H2,1-3H3/b20-11+. The highest BCUT2D eigenvalue weighted by molar-refractivity contribution is 9.10. The Bertz CT molecular complexity index is 1120. The molecule has 0 atom stereocenters. The van der Waals surface area contributed by atoms with Crippen molar-refractivity contribution in [2.24, 2.45) is 0 Å². The van der Waals surface area contributed by atoms with Gasteiger partial charge in [-0.2, -0.15) is 0 Å². The summed E-state index contributed by atoms with van der Waals surface area (Å²) in [5, 5.41) is -0.541. The van der Waals surface area contributed by atoms with Crippen molar-refractivity contribution in [1.82, 2.24) is 4.90 Å². The number of halogens is 2. The Kier molecular flexibility index (Phi) is 8.73. The number of rotatable bonds is 9. The maximum Gasteiger partial charge on any atom is 0.326 e. The first kappa shape index (κ1) is 25.8. The smallest absolute Gasteiger partial charge is 0.326 e. The van der Waals surface area contributed by atoms with E-state index >= 15 is 0 Å². The normalized spacial score (nSPS) is 14.8. The third kappa shape index (κ3) is 6.60. The van der Waals surface area contributed by atoms with Gasteiger partial charge in [-0.1, -0.05) is 12.1 Å². The molecule has 10 heteroatoms. The minimum atomic E-state index is -0.650. The highest BCUT2D eigenvalue weighted by atomic mass is 79.9. The molecule has 2 aromatic carbocycles. The van der Waals surface area contributed by atoms with Gasteiger partial charge in [0.1, 0.15) is 19.0 Å². The lowest BCUT2D eigenvalue weighted by Crippen LogP contribution is -2.35. The molecule has 1 aliphatic rings. The molecule has 2 aromatic rings. The summed E-state index contributed by atoms with van der Waals surface area (Å²) < 4.78 is 30.3. The molecule has 1 aliphatic heterocycles. The largest absolute Gasteiger partial charge is 0.490 e. The number of carbonyl (C=O) groups is 3. The fourth-order valence-corrected chi connectivity index (χ4v) is 4.44. The summed E-state index contributed by atoms with van der Waals surface area (Å²) in [4.78, 5) is 37.9. The van der Waals surface area contributed by atoms with Crippen molar-refractivity contribution in [1.29, 1.82) is 0 Å². The van der Waals surface area contributed by atoms with Gasteiger partial charge in [-0.05, 0) is 89.9 Å². The Morgan fingerprint density at radius 2 is 1.88 bits per heavy atom. The number of hydrogen-bond acceptors (Lipinski definition) is 7. The van der Waals surface area contributed by atoms with Crippen LogP contribution >= 0.6 is 27.7 Å². The van der Waals surface area contributed by atoms with Gasteiger partial charge in [0.15, 0.2) is 11.5 Å². The summed E-state index contributed by atoms with van der Waals surface area (Å²) in [6.45, 7) is 5.33. The summed E-state index contributed by atoms with van der Waals surface area (Å²) in [6.07, 6.45) is 1.21. The fraction of sp³-hybridized carbons (Fsp3) is 0.292. The van der Waals surface area contributed by atoms with Gasteiger partial charge in [-0.3, -0.25) is 19.3 Å². The minimum Gasteiger partial charge on any atom is -0.490 e. The predicted octanol–water partition coefficient (Wildman–Crippen LogP) is 5.55. The zero-order valence-corrected chi connectivity index (χ0v) is 21.2. The molecule has 180 valence electrons. The molecule has 0 N–H and O–H groups in total. The van der Waals surface area contributed by atoms with Crippen molar-refractivity contribution in [3.63, 3.8) is 0 Å². The number of ether oxygens (including phenoxy) is 3. The maximum absolute atomic E-state index is 13.1. The molecule has 1 heterocycles. The van der Waals surface area contributed by atoms with Crippen molar-refractivity contribution in [3.05, 3.63) is 62.7 Å². The van der Waals surface area contributed by atoms with Gasteiger partial charge in [-0.15, -0.1) is 0 Å². The summed E-state index contributed by atoms with van der Waals surface area (Å²) in [5.74, 6) is -0.660. The zero-order chi connectivity index (χ0) is 24.8. The Balaban J connectivity index is 1.80. The van der Waals surface area contributed by atoms with E-state index in [2.05, 4.69) is 15.9 Å². The minimum absolute atomic E-state index is 0.177. The third-order valence-corrected chi connectivity index (χ3v) is 5.95. The lowest BCUT2D eigenvalue weighted by Gasteiger charge is -2.15. The van der Waals surface area contributed by atoms with Gasteiger partial charge in [0.05, 0.1) is 22.1 Å². The first-order valence-electron chi connectivity index (χ1n) is 10.5. The van der Waals surface area contributed by atoms with Gasteiger partial charge in [0.25, 0.3) is 11.1 Å². The van der Waals surface area contributed by atoms with Crippen LogP contribution in [0.25, 0.3) is 6.08 Å². The van der Waals surface area contributed by atoms with Gasteiger partial charge in [-0.25, -0.2) is 4.39 Å². The van der Waals surface area contributed by atoms with Crippen LogP contribution in [-0.2, 0) is 20.9 Å². The van der Waals surface area contributed by atoms with E-state index in [9.17, 15) is 18.8 Å². The van der Waals surface area contributed by atoms with E-state index in [1.165, 1.54) is 12.1 Å². The summed E-state index contributed by atoms with van der Waals surface area (Å²) >= 11 is 4.22. The number of benzene rings is 2. The Hall–Kier alpha value is -2.85. The van der Waals surface area contributed by atoms with Crippen LogP contribution in [0.3, 0.4) is 0 Å². The zero-order valence-electron chi connectivity index (χ0n) is 18.8. The van der Waals surface area contributed by atoms with E-state index in [0.717, 1.165) is 22.2 Å². The molecule has 1 saturated heterocycles. The van der Waals surface area contributed by atoms with Crippen LogP contribution in [-0.4, -0.2) is 41.3 Å². The third-order valence-electron chi connectivity index (χ3n) is 4.45. The molecule has 2 amide bonds. The molecule has 0 radical (unpaired) electrons. The number of carbonyl (C=O) groups excluding carboxylic acids is 3. The van der Waals surface area contributed by atoms with Crippen molar-refractivity contribution in [3.8, 4) is 11.5 Å². The predicted molar refractivity (Wildman–Crippen MR) is 130 cm³/mol. The molecule has 0 saturated carbocycles. The molecule has 3 rings (SSSR count). The number of amides is 2. The number of nitrogens with zero attached hydrogens (tertiary/aromatic N) is 1. The number of imide groups is 1. The summed E-state index contributed by atoms with van der Waals surface area (Å²) in [6, 6.07) is 9.39. The Morgan fingerprint density at radius 1 is 1.18 bits per heavy atom. The Morgan fingerprint density at radius 3 is 2.53 bits per heavy atom. The van der Waals surface area contributed by atoms with Crippen LogP contribution in [0, 0.1) is 5.82 Å². The molecule has 1 fully saturated rings. The van der Waals surface area contributed by atoms with E-state index in [1.54, 1.807) is 44.2 Å². The second-order valence-electron chi connectivity index (χ2n) is 7.48. The number of esters is 1. The Labute approximate surface area is 209 Å². The summed E-state index contributed by atoms with van der Waals surface area (Å²) in [5.41, 5.74) is 1.38. The van der Waals surface area contributed by atoms with Crippen molar-refractivity contribution in [2.45, 2.75) is 33.5 Å². The van der Waals surface area contributed by atoms with Gasteiger partial charge >= 0.3 is 5.97 Å². The average molecular weight is 552 g/mol. The first-order valence-corrected chi connectivity index (χ1v) is 12.1. The van der Waals surface area contributed by atoms with E-state index in [1.807, 2.05) is 6.92 Å². The van der Waals surface area contributed by atoms with Crippen molar-refractivity contribution in [2.75, 3.05) is 13.2 Å². The number of thioether (sulfide) groups is 1. The lowest BCUT2D eigenvalue weighted by atomic mass is 10.1. The molecule has 0 unspecified atom stereocenters. The van der Waals surface area contributed by atoms with Gasteiger partial charge in [0, 0.05) is 0 Å². The molecular weight excluding hydrogens is 529 g/mol. The van der Waals surface area contributed by atoms with Crippen LogP contribution in [0.1, 0.15) is 31.9 Å². The highest BCUT2D eigenvalue weighted by Crippen LogP contribution is 2.39. The molecule has 0 spiro atoms. The van der Waals surface area contributed by atoms with E-state index in [4.69, 9.17) is 14.2 Å². The molecular formula is C24H23BrFNO6S. The van der Waals surface area contributed by atoms with Gasteiger partial charge in [0.2, 0.25) is 0 Å². The highest BCUT2D eigenvalue weighted by Gasteiger charge is 2.36. The quantitative estimate of drug-likeness (QED) is 0.298. The molecule has 0 aliphatic carbocycles. The maximum atomic E-state index is 13.1. The van der Waals surface area contributed by atoms with Crippen LogP contribution < -0.4 is 9.47 Å². The average Bonchev–Trinajstić information content (AvgIpc) is 3.01. The fourth-order valence-electron chi connectivity index (χ4n) is 3.03. The molecule has 7 nitrogen and oxygen atoms in total. The van der Waals surface area contributed by atoms with Crippen LogP contribution in [0.5, 0.6) is 11.5 Å². The SMILES string of the molecule is CCOc1cc(/C=C2/SC(=O)N(CC(=O)OC(C)C)C2=O)cc(Br)c1OCc1ccc(F)cc1. The van der Waals surface area contributed by atoms with Crippen LogP contribution in [0.2, 0.25) is 0 Å². The van der Waals surface area contributed by atoms with Gasteiger partial charge < -0.3 is 14.2 Å². The molecule has 0 aromatic heterocycles. The first-order chi connectivity index (χ1) is 16.2. The van der Waals surface area contributed by atoms with Crippen molar-refractivity contribution < 1.29 is 33.0 Å². The number of hydrogen-bond donors (Lipinski definition) is 0. The topological polar surface area (TPSA) is 82.1 Å². The van der Waals surface area contributed by atoms with Crippen LogP contribution in [0.4, 0.5) is 9.18 Å². The molecule has 0 bridgehead atoms. The van der Waals surface area contributed by atoms with E-state index < -0.39 is 23.7 Å². The van der Waals surface area contributed by atoms with Crippen molar-refractivity contribution >= 4 is 50.9 Å². The van der Waals surface area contributed by atoms with Crippen LogP contribution in [0.15, 0.2) is 45.8 Å². The second-order valence-corrected chi connectivity index (χ2v) is 9.33. The molecule has 34 heavy (non-hydrogen) atoms. The van der Waals surface area contributed by atoms with E-state index in [-0.39, 0.29) is 23.4 Å². The summed E-state index contributed by atoms with van der Waals surface area (Å²) in [7, 11) is 0.